The van der Waals surface area contributed by atoms with Gasteiger partial charge < -0.3 is 20.7 Å². The Morgan fingerprint density at radius 3 is 2.86 bits per heavy atom. The van der Waals surface area contributed by atoms with E-state index in [1.165, 1.54) is 12.8 Å². The monoisotopic (exact) mass is 387 g/mol. The first-order chi connectivity index (χ1) is 13.7. The van der Waals surface area contributed by atoms with Crippen molar-refractivity contribution in [3.05, 3.63) is 24.3 Å². The zero-order valence-electron chi connectivity index (χ0n) is 16.2. The summed E-state index contributed by atoms with van der Waals surface area (Å²) in [5.74, 6) is 0.482. The maximum absolute atomic E-state index is 12.5. The number of carbonyl (C=O) groups is 2. The van der Waals surface area contributed by atoms with Gasteiger partial charge in [0.2, 0.25) is 0 Å². The van der Waals surface area contributed by atoms with Crippen molar-refractivity contribution < 1.29 is 14.3 Å². The van der Waals surface area contributed by atoms with E-state index in [2.05, 4.69) is 20.9 Å². The van der Waals surface area contributed by atoms with Crippen molar-refractivity contribution >= 4 is 23.4 Å². The lowest BCUT2D eigenvalue weighted by Crippen LogP contribution is -2.48. The molecule has 152 valence electrons. The van der Waals surface area contributed by atoms with Gasteiger partial charge in [0.1, 0.15) is 0 Å². The van der Waals surface area contributed by atoms with Crippen LogP contribution in [0.4, 0.5) is 21.0 Å². The van der Waals surface area contributed by atoms with Crippen LogP contribution in [0, 0.1) is 5.92 Å². The summed E-state index contributed by atoms with van der Waals surface area (Å²) in [4.78, 5) is 28.5. The average molecular weight is 387 g/mol. The fourth-order valence-electron chi connectivity index (χ4n) is 4.37. The molecule has 0 radical (unpaired) electrons. The topological polar surface area (TPSA) is 85.9 Å². The summed E-state index contributed by atoms with van der Waals surface area (Å²) in [7, 11) is 0. The lowest BCUT2D eigenvalue weighted by Gasteiger charge is -2.32. The summed E-state index contributed by atoms with van der Waals surface area (Å²) in [5, 5.41) is 8.73. The van der Waals surface area contributed by atoms with E-state index < -0.39 is 0 Å². The predicted octanol–water partition coefficient (Wildman–Crippen LogP) is 1.84. The second kappa shape index (κ2) is 8.79. The molecule has 0 unspecified atom stereocenters. The molecule has 2 atom stereocenters. The highest BCUT2D eigenvalue weighted by molar-refractivity contribution is 5.95. The first-order valence-electron chi connectivity index (χ1n) is 10.2. The Balaban J connectivity index is 1.33. The van der Waals surface area contributed by atoms with Crippen molar-refractivity contribution in [3.63, 3.8) is 0 Å². The highest BCUT2D eigenvalue weighted by Crippen LogP contribution is 2.24. The maximum Gasteiger partial charge on any atom is 0.321 e. The van der Waals surface area contributed by atoms with Crippen LogP contribution >= 0.6 is 0 Å². The average Bonchev–Trinajstić information content (AvgIpc) is 3.45. The second-order valence-corrected chi connectivity index (χ2v) is 7.70. The van der Waals surface area contributed by atoms with Crippen molar-refractivity contribution in [2.75, 3.05) is 56.2 Å². The molecule has 0 aromatic heterocycles. The van der Waals surface area contributed by atoms with Crippen molar-refractivity contribution in [2.45, 2.75) is 25.3 Å². The van der Waals surface area contributed by atoms with Gasteiger partial charge in [0, 0.05) is 49.6 Å². The van der Waals surface area contributed by atoms with Gasteiger partial charge in [-0.15, -0.1) is 0 Å². The smallest absolute Gasteiger partial charge is 0.321 e. The van der Waals surface area contributed by atoms with Gasteiger partial charge in [-0.05, 0) is 50.6 Å². The Labute approximate surface area is 165 Å². The first-order valence-corrected chi connectivity index (χ1v) is 10.2. The molecule has 3 aliphatic heterocycles. The number of anilines is 2. The number of nitrogens with one attached hydrogen (secondary N) is 3. The summed E-state index contributed by atoms with van der Waals surface area (Å²) in [6, 6.07) is 7.39. The molecule has 1 aromatic rings. The quantitative estimate of drug-likeness (QED) is 0.695. The summed E-state index contributed by atoms with van der Waals surface area (Å²) >= 11 is 0. The molecule has 3 aliphatic rings. The van der Waals surface area contributed by atoms with Gasteiger partial charge in [-0.2, -0.15) is 0 Å². The minimum Gasteiger partial charge on any atom is -0.381 e. The third-order valence-electron chi connectivity index (χ3n) is 5.86. The zero-order chi connectivity index (χ0) is 19.3. The Morgan fingerprint density at radius 2 is 2.14 bits per heavy atom. The van der Waals surface area contributed by atoms with Gasteiger partial charge in [-0.1, -0.05) is 6.07 Å². The summed E-state index contributed by atoms with van der Waals surface area (Å²) in [5.41, 5.74) is 1.46. The number of carbonyl (C=O) groups excluding carboxylic acids is 2. The normalized spacial score (nSPS) is 23.6. The number of ether oxygens (including phenoxy) is 1. The van der Waals surface area contributed by atoms with Gasteiger partial charge in [0.15, 0.2) is 0 Å². The van der Waals surface area contributed by atoms with Crippen LogP contribution in [0.2, 0.25) is 0 Å². The molecule has 4 rings (SSSR count). The van der Waals surface area contributed by atoms with E-state index in [4.69, 9.17) is 4.74 Å². The van der Waals surface area contributed by atoms with Crippen LogP contribution in [-0.2, 0) is 4.74 Å². The highest BCUT2D eigenvalue weighted by atomic mass is 16.5. The largest absolute Gasteiger partial charge is 0.381 e. The molecule has 3 N–H and O–H groups in total. The van der Waals surface area contributed by atoms with Crippen molar-refractivity contribution in [1.82, 2.24) is 15.5 Å². The van der Waals surface area contributed by atoms with E-state index in [-0.39, 0.29) is 12.1 Å². The zero-order valence-corrected chi connectivity index (χ0v) is 16.2. The summed E-state index contributed by atoms with van der Waals surface area (Å²) < 4.78 is 5.58. The summed E-state index contributed by atoms with van der Waals surface area (Å²) in [6.07, 6.45) is 3.52. The van der Waals surface area contributed by atoms with Gasteiger partial charge in [0.25, 0.3) is 0 Å². The number of benzene rings is 1. The first kappa shape index (κ1) is 19.0. The molecule has 3 fully saturated rings. The van der Waals surface area contributed by atoms with Crippen LogP contribution in [0.5, 0.6) is 0 Å². The van der Waals surface area contributed by atoms with E-state index >= 15 is 0 Å². The SMILES string of the molecule is O=C(NC[C@H]([C@@H]1CCOC1)N1CCCC1)Nc1cccc(N2CCNC2=O)c1. The molecule has 28 heavy (non-hydrogen) atoms. The Kier molecular flexibility index (Phi) is 5.97. The number of nitrogens with zero attached hydrogens (tertiary/aromatic N) is 2. The molecule has 0 bridgehead atoms. The molecule has 3 heterocycles. The minimum atomic E-state index is -0.217. The Hall–Kier alpha value is -2.32. The molecular formula is C20H29N5O3. The molecule has 8 nitrogen and oxygen atoms in total. The van der Waals surface area contributed by atoms with Crippen LogP contribution < -0.4 is 20.9 Å². The Morgan fingerprint density at radius 1 is 1.29 bits per heavy atom. The van der Waals surface area contributed by atoms with Crippen molar-refractivity contribution in [1.29, 1.82) is 0 Å². The van der Waals surface area contributed by atoms with Crippen molar-refractivity contribution in [2.24, 2.45) is 5.92 Å². The molecule has 4 amide bonds. The van der Waals surface area contributed by atoms with Crippen LogP contribution in [0.1, 0.15) is 19.3 Å². The van der Waals surface area contributed by atoms with Gasteiger partial charge >= 0.3 is 12.1 Å². The molecule has 0 saturated carbocycles. The Bertz CT molecular complexity index is 685. The number of hydrogen-bond acceptors (Lipinski definition) is 4. The lowest BCUT2D eigenvalue weighted by molar-refractivity contribution is 0.135. The molecular weight excluding hydrogens is 358 g/mol. The highest BCUT2D eigenvalue weighted by Gasteiger charge is 2.32. The fourth-order valence-corrected chi connectivity index (χ4v) is 4.37. The number of urea groups is 2. The van der Waals surface area contributed by atoms with Crippen LogP contribution in [0.25, 0.3) is 0 Å². The lowest BCUT2D eigenvalue weighted by atomic mass is 9.97. The van der Waals surface area contributed by atoms with Crippen LogP contribution in [0.15, 0.2) is 24.3 Å². The number of rotatable bonds is 6. The second-order valence-electron chi connectivity index (χ2n) is 7.70. The van der Waals surface area contributed by atoms with E-state index in [9.17, 15) is 9.59 Å². The maximum atomic E-state index is 12.5. The van der Waals surface area contributed by atoms with Gasteiger partial charge in [0.05, 0.1) is 6.61 Å². The predicted molar refractivity (Wildman–Crippen MR) is 108 cm³/mol. The molecule has 0 aliphatic carbocycles. The van der Waals surface area contributed by atoms with Crippen LogP contribution in [-0.4, -0.2) is 68.9 Å². The number of hydrogen-bond donors (Lipinski definition) is 3. The third kappa shape index (κ3) is 4.39. The molecule has 8 heteroatoms. The number of likely N-dealkylation sites (tertiary alicyclic amines) is 1. The third-order valence-corrected chi connectivity index (χ3v) is 5.86. The van der Waals surface area contributed by atoms with E-state index in [0.29, 0.717) is 37.3 Å². The number of amides is 4. The fraction of sp³-hybridized carbons (Fsp3) is 0.600. The molecule has 1 aromatic carbocycles. The van der Waals surface area contributed by atoms with Gasteiger partial charge in [-0.25, -0.2) is 9.59 Å². The van der Waals surface area contributed by atoms with Crippen molar-refractivity contribution in [3.8, 4) is 0 Å². The van der Waals surface area contributed by atoms with E-state index in [1.54, 1.807) is 4.90 Å². The molecule has 0 spiro atoms. The van der Waals surface area contributed by atoms with E-state index in [1.807, 2.05) is 24.3 Å². The molecule has 3 saturated heterocycles. The summed E-state index contributed by atoms with van der Waals surface area (Å²) in [6.45, 7) is 5.70. The standard InChI is InChI=1S/C20H29N5O3/c26-19(22-13-18(15-6-11-28-14-15)24-8-1-2-9-24)23-16-4-3-5-17(12-16)25-10-7-21-20(25)27/h3-5,12,15,18H,1-2,6-11,13-14H2,(H,21,27)(H2,22,23,26)/t15-,18-/m1/s1. The van der Waals surface area contributed by atoms with Crippen LogP contribution in [0.3, 0.4) is 0 Å². The minimum absolute atomic E-state index is 0.103. The van der Waals surface area contributed by atoms with E-state index in [0.717, 1.165) is 38.4 Å². The van der Waals surface area contributed by atoms with Gasteiger partial charge in [-0.3, -0.25) is 9.80 Å².